The van der Waals surface area contributed by atoms with Gasteiger partial charge in [-0.05, 0) is 44.4 Å². The lowest BCUT2D eigenvalue weighted by molar-refractivity contribution is -0.117. The third kappa shape index (κ3) is 3.08. The van der Waals surface area contributed by atoms with E-state index in [2.05, 4.69) is 24.4 Å². The number of benzene rings is 2. The average molecular weight is 267 g/mol. The van der Waals surface area contributed by atoms with E-state index in [1.165, 1.54) is 5.56 Å². The Labute approximate surface area is 120 Å². The van der Waals surface area contributed by atoms with Crippen molar-refractivity contribution in [3.63, 3.8) is 0 Å². The molecule has 1 N–H and O–H groups in total. The van der Waals surface area contributed by atoms with Gasteiger partial charge in [0.2, 0.25) is 5.91 Å². The molecule has 0 radical (unpaired) electrons. The van der Waals surface area contributed by atoms with Gasteiger partial charge in [-0.15, -0.1) is 0 Å². The molecule has 0 bridgehead atoms. The third-order valence-corrected chi connectivity index (χ3v) is 3.62. The number of amides is 1. The van der Waals surface area contributed by atoms with E-state index in [9.17, 15) is 4.79 Å². The highest BCUT2D eigenvalue weighted by Crippen LogP contribution is 2.24. The third-order valence-electron chi connectivity index (χ3n) is 3.62. The Morgan fingerprint density at radius 3 is 2.10 bits per heavy atom. The molecule has 0 saturated carbocycles. The Kier molecular flexibility index (Phi) is 4.23. The number of carbonyl (C=O) groups excluding carboxylic acids is 1. The summed E-state index contributed by atoms with van der Waals surface area (Å²) in [6.45, 7) is 8.06. The molecule has 2 rings (SSSR count). The summed E-state index contributed by atoms with van der Waals surface area (Å²) in [5, 5.41) is 3.07. The number of aryl methyl sites for hydroxylation is 3. The summed E-state index contributed by atoms with van der Waals surface area (Å²) in [5.74, 6) is -0.123. The van der Waals surface area contributed by atoms with E-state index in [0.29, 0.717) is 0 Å². The normalized spacial score (nSPS) is 12.0. The smallest absolute Gasteiger partial charge is 0.231 e. The topological polar surface area (TPSA) is 29.1 Å². The number of nitrogens with one attached hydrogen (secondary N) is 1. The minimum Gasteiger partial charge on any atom is -0.325 e. The van der Waals surface area contributed by atoms with Crippen LogP contribution in [-0.2, 0) is 4.79 Å². The van der Waals surface area contributed by atoms with Crippen molar-refractivity contribution in [2.45, 2.75) is 33.6 Å². The average Bonchev–Trinajstić information content (AvgIpc) is 2.42. The van der Waals surface area contributed by atoms with Gasteiger partial charge >= 0.3 is 0 Å². The molecule has 2 aromatic carbocycles. The van der Waals surface area contributed by atoms with E-state index in [-0.39, 0.29) is 11.8 Å². The number of rotatable bonds is 3. The van der Waals surface area contributed by atoms with E-state index in [4.69, 9.17) is 0 Å². The Hall–Kier alpha value is -2.09. The molecule has 0 aliphatic carbocycles. The van der Waals surface area contributed by atoms with Gasteiger partial charge in [-0.1, -0.05) is 48.0 Å². The second-order valence-corrected chi connectivity index (χ2v) is 5.40. The zero-order valence-electron chi connectivity index (χ0n) is 12.5. The predicted octanol–water partition coefficient (Wildman–Crippen LogP) is 4.35. The largest absolute Gasteiger partial charge is 0.325 e. The molecule has 20 heavy (non-hydrogen) atoms. The van der Waals surface area contributed by atoms with Crippen LogP contribution in [0.5, 0.6) is 0 Å². The highest BCUT2D eigenvalue weighted by atomic mass is 16.1. The van der Waals surface area contributed by atoms with Crippen LogP contribution in [0.4, 0.5) is 5.69 Å². The molecule has 0 fully saturated rings. The van der Waals surface area contributed by atoms with E-state index in [1.54, 1.807) is 0 Å². The van der Waals surface area contributed by atoms with Crippen LogP contribution >= 0.6 is 0 Å². The van der Waals surface area contributed by atoms with Gasteiger partial charge in [0, 0.05) is 5.69 Å². The van der Waals surface area contributed by atoms with Crippen molar-refractivity contribution in [2.75, 3.05) is 5.32 Å². The SMILES string of the molecule is Cc1cc(C)c(NC(=O)[C@H](C)c2ccccc2)c(C)c1. The fraction of sp³-hybridized carbons (Fsp3) is 0.278. The van der Waals surface area contributed by atoms with Crippen molar-refractivity contribution in [2.24, 2.45) is 0 Å². The van der Waals surface area contributed by atoms with Gasteiger partial charge in [0.1, 0.15) is 0 Å². The molecular weight excluding hydrogens is 246 g/mol. The molecule has 0 aromatic heterocycles. The first-order chi connectivity index (χ1) is 9.49. The van der Waals surface area contributed by atoms with Crippen molar-refractivity contribution >= 4 is 11.6 Å². The van der Waals surface area contributed by atoms with Crippen LogP contribution in [0.1, 0.15) is 35.1 Å². The molecule has 0 unspecified atom stereocenters. The number of hydrogen-bond acceptors (Lipinski definition) is 1. The van der Waals surface area contributed by atoms with Gasteiger partial charge in [-0.2, -0.15) is 0 Å². The first kappa shape index (κ1) is 14.3. The molecule has 2 heteroatoms. The summed E-state index contributed by atoms with van der Waals surface area (Å²) in [7, 11) is 0. The van der Waals surface area contributed by atoms with Crippen LogP contribution in [0.2, 0.25) is 0 Å². The van der Waals surface area contributed by atoms with Gasteiger partial charge in [-0.25, -0.2) is 0 Å². The predicted molar refractivity (Wildman–Crippen MR) is 84.1 cm³/mol. The van der Waals surface area contributed by atoms with Crippen LogP contribution in [0.25, 0.3) is 0 Å². The minimum atomic E-state index is -0.156. The van der Waals surface area contributed by atoms with E-state index in [0.717, 1.165) is 22.4 Å². The van der Waals surface area contributed by atoms with Gasteiger partial charge in [0.25, 0.3) is 0 Å². The molecule has 2 aromatic rings. The quantitative estimate of drug-likeness (QED) is 0.880. The lowest BCUT2D eigenvalue weighted by atomic mass is 9.99. The maximum Gasteiger partial charge on any atom is 0.231 e. The maximum atomic E-state index is 12.4. The standard InChI is InChI=1S/C18H21NO/c1-12-10-13(2)17(14(3)11-12)19-18(20)15(4)16-8-6-5-7-9-16/h5-11,15H,1-4H3,(H,19,20)/t15-/m1/s1. The van der Waals surface area contributed by atoms with E-state index >= 15 is 0 Å². The lowest BCUT2D eigenvalue weighted by Crippen LogP contribution is -2.20. The molecular formula is C18H21NO. The lowest BCUT2D eigenvalue weighted by Gasteiger charge is -2.16. The zero-order chi connectivity index (χ0) is 14.7. The molecule has 104 valence electrons. The zero-order valence-corrected chi connectivity index (χ0v) is 12.5. The number of carbonyl (C=O) groups is 1. The Morgan fingerprint density at radius 2 is 1.55 bits per heavy atom. The van der Waals surface area contributed by atoms with Crippen LogP contribution < -0.4 is 5.32 Å². The minimum absolute atomic E-state index is 0.0336. The van der Waals surface area contributed by atoms with Crippen LogP contribution in [-0.4, -0.2) is 5.91 Å². The highest BCUT2D eigenvalue weighted by molar-refractivity contribution is 5.96. The Balaban J connectivity index is 2.20. The molecule has 0 saturated heterocycles. The maximum absolute atomic E-state index is 12.4. The van der Waals surface area contributed by atoms with Gasteiger partial charge < -0.3 is 5.32 Å². The van der Waals surface area contributed by atoms with Crippen molar-refractivity contribution in [3.8, 4) is 0 Å². The molecule has 0 aliphatic rings. The van der Waals surface area contributed by atoms with Gasteiger partial charge in [-0.3, -0.25) is 4.79 Å². The Morgan fingerprint density at radius 1 is 1.00 bits per heavy atom. The summed E-state index contributed by atoms with van der Waals surface area (Å²) in [4.78, 5) is 12.4. The fourth-order valence-electron chi connectivity index (χ4n) is 2.50. The molecule has 2 nitrogen and oxygen atoms in total. The first-order valence-corrected chi connectivity index (χ1v) is 6.92. The van der Waals surface area contributed by atoms with Crippen LogP contribution in [0.15, 0.2) is 42.5 Å². The van der Waals surface area contributed by atoms with Crippen LogP contribution in [0, 0.1) is 20.8 Å². The first-order valence-electron chi connectivity index (χ1n) is 6.92. The second-order valence-electron chi connectivity index (χ2n) is 5.40. The van der Waals surface area contributed by atoms with Crippen LogP contribution in [0.3, 0.4) is 0 Å². The van der Waals surface area contributed by atoms with Crippen molar-refractivity contribution in [3.05, 3.63) is 64.7 Å². The number of hydrogen-bond donors (Lipinski definition) is 1. The molecule has 1 amide bonds. The Bertz CT molecular complexity index is 594. The summed E-state index contributed by atoms with van der Waals surface area (Å²) in [5.41, 5.74) is 5.40. The molecule has 1 atom stereocenters. The van der Waals surface area contributed by atoms with Crippen molar-refractivity contribution in [1.82, 2.24) is 0 Å². The van der Waals surface area contributed by atoms with E-state index < -0.39 is 0 Å². The van der Waals surface area contributed by atoms with Gasteiger partial charge in [0.15, 0.2) is 0 Å². The fourth-order valence-corrected chi connectivity index (χ4v) is 2.50. The molecule has 0 aliphatic heterocycles. The van der Waals surface area contributed by atoms with E-state index in [1.807, 2.05) is 51.1 Å². The summed E-state index contributed by atoms with van der Waals surface area (Å²) < 4.78 is 0. The second kappa shape index (κ2) is 5.91. The summed E-state index contributed by atoms with van der Waals surface area (Å²) >= 11 is 0. The van der Waals surface area contributed by atoms with Gasteiger partial charge in [0.05, 0.1) is 5.92 Å². The number of anilines is 1. The summed E-state index contributed by atoms with van der Waals surface area (Å²) in [6.07, 6.45) is 0. The molecule has 0 heterocycles. The van der Waals surface area contributed by atoms with Crippen molar-refractivity contribution in [1.29, 1.82) is 0 Å². The highest BCUT2D eigenvalue weighted by Gasteiger charge is 2.16. The van der Waals surface area contributed by atoms with Crippen molar-refractivity contribution < 1.29 is 4.79 Å². The monoisotopic (exact) mass is 267 g/mol. The summed E-state index contributed by atoms with van der Waals surface area (Å²) in [6, 6.07) is 14.0. The molecule has 0 spiro atoms.